The van der Waals surface area contributed by atoms with Gasteiger partial charge in [-0.2, -0.15) is 0 Å². The SMILES string of the molecule is Cc1cc(NC(=O)N(C)C2CCC(C)CC2)ccc1-n1cnnn1. The molecular weight excluding hydrogens is 304 g/mol. The third-order valence-electron chi connectivity index (χ3n) is 4.90. The molecule has 1 aromatic heterocycles. The highest BCUT2D eigenvalue weighted by Gasteiger charge is 2.24. The average molecular weight is 328 g/mol. The van der Waals surface area contributed by atoms with Gasteiger partial charge in [-0.1, -0.05) is 6.92 Å². The molecule has 0 unspecified atom stereocenters. The number of hydrogen-bond donors (Lipinski definition) is 1. The molecule has 1 aliphatic rings. The van der Waals surface area contributed by atoms with Crippen molar-refractivity contribution >= 4 is 11.7 Å². The predicted molar refractivity (Wildman–Crippen MR) is 92.1 cm³/mol. The lowest BCUT2D eigenvalue weighted by molar-refractivity contribution is 0.175. The molecule has 3 rings (SSSR count). The summed E-state index contributed by atoms with van der Waals surface area (Å²) >= 11 is 0. The van der Waals surface area contributed by atoms with Gasteiger partial charge in [-0.25, -0.2) is 9.48 Å². The number of anilines is 1. The molecule has 1 heterocycles. The molecule has 1 aromatic carbocycles. The fourth-order valence-corrected chi connectivity index (χ4v) is 3.27. The van der Waals surface area contributed by atoms with Crippen molar-refractivity contribution in [3.63, 3.8) is 0 Å². The molecule has 1 N–H and O–H groups in total. The fourth-order valence-electron chi connectivity index (χ4n) is 3.27. The van der Waals surface area contributed by atoms with Crippen molar-refractivity contribution in [2.45, 2.75) is 45.6 Å². The molecule has 1 aliphatic carbocycles. The Hall–Kier alpha value is -2.44. The molecule has 0 saturated heterocycles. The summed E-state index contributed by atoms with van der Waals surface area (Å²) in [5, 5.41) is 14.2. The number of rotatable bonds is 3. The van der Waals surface area contributed by atoms with Crippen LogP contribution in [0.3, 0.4) is 0 Å². The number of carbonyl (C=O) groups excluding carboxylic acids is 1. The minimum Gasteiger partial charge on any atom is -0.325 e. The van der Waals surface area contributed by atoms with E-state index in [0.717, 1.165) is 35.7 Å². The van der Waals surface area contributed by atoms with Gasteiger partial charge in [0.25, 0.3) is 0 Å². The van der Waals surface area contributed by atoms with E-state index in [1.54, 1.807) is 11.0 Å². The van der Waals surface area contributed by atoms with Crippen molar-refractivity contribution < 1.29 is 4.79 Å². The lowest BCUT2D eigenvalue weighted by Gasteiger charge is -2.33. The highest BCUT2D eigenvalue weighted by molar-refractivity contribution is 5.89. The van der Waals surface area contributed by atoms with E-state index in [9.17, 15) is 4.79 Å². The second-order valence-electron chi connectivity index (χ2n) is 6.71. The predicted octanol–water partition coefficient (Wildman–Crippen LogP) is 3.01. The van der Waals surface area contributed by atoms with E-state index in [1.165, 1.54) is 12.8 Å². The monoisotopic (exact) mass is 328 g/mol. The minimum absolute atomic E-state index is 0.0517. The summed E-state index contributed by atoms with van der Waals surface area (Å²) in [5.74, 6) is 0.777. The molecule has 128 valence electrons. The number of nitrogens with zero attached hydrogens (tertiary/aromatic N) is 5. The highest BCUT2D eigenvalue weighted by atomic mass is 16.2. The maximum atomic E-state index is 12.5. The number of tetrazole rings is 1. The van der Waals surface area contributed by atoms with Gasteiger partial charge in [0.1, 0.15) is 6.33 Å². The molecule has 2 amide bonds. The van der Waals surface area contributed by atoms with Crippen molar-refractivity contribution in [1.29, 1.82) is 0 Å². The molecule has 0 radical (unpaired) electrons. The summed E-state index contributed by atoms with van der Waals surface area (Å²) in [4.78, 5) is 14.3. The molecule has 0 bridgehead atoms. The first-order valence-electron chi connectivity index (χ1n) is 8.42. The van der Waals surface area contributed by atoms with Crippen molar-refractivity contribution in [2.24, 2.45) is 5.92 Å². The third-order valence-corrected chi connectivity index (χ3v) is 4.90. The van der Waals surface area contributed by atoms with Crippen LogP contribution in [-0.2, 0) is 0 Å². The van der Waals surface area contributed by atoms with Gasteiger partial charge in [0.2, 0.25) is 0 Å². The van der Waals surface area contributed by atoms with Gasteiger partial charge in [-0.05, 0) is 72.7 Å². The number of amides is 2. The van der Waals surface area contributed by atoms with Gasteiger partial charge in [-0.15, -0.1) is 5.10 Å². The zero-order chi connectivity index (χ0) is 17.1. The standard InChI is InChI=1S/C17H24N6O/c1-12-4-7-15(8-5-12)22(3)17(24)19-14-6-9-16(13(2)10-14)23-11-18-20-21-23/h6,9-12,15H,4-5,7-8H2,1-3H3,(H,19,24). The Morgan fingerprint density at radius 1 is 1.29 bits per heavy atom. The molecule has 1 fully saturated rings. The number of aryl methyl sites for hydroxylation is 1. The van der Waals surface area contributed by atoms with Crippen LogP contribution in [-0.4, -0.2) is 44.2 Å². The van der Waals surface area contributed by atoms with Gasteiger partial charge in [0, 0.05) is 18.8 Å². The molecule has 2 aromatic rings. The Balaban J connectivity index is 1.65. The van der Waals surface area contributed by atoms with Crippen LogP contribution in [0.2, 0.25) is 0 Å². The molecule has 0 spiro atoms. The average Bonchev–Trinajstić information content (AvgIpc) is 3.09. The second kappa shape index (κ2) is 6.98. The van der Waals surface area contributed by atoms with Crippen LogP contribution < -0.4 is 5.32 Å². The molecule has 24 heavy (non-hydrogen) atoms. The number of aromatic nitrogens is 4. The van der Waals surface area contributed by atoms with E-state index in [1.807, 2.05) is 37.1 Å². The van der Waals surface area contributed by atoms with Gasteiger partial charge in [0.15, 0.2) is 0 Å². The Morgan fingerprint density at radius 2 is 2.04 bits per heavy atom. The van der Waals surface area contributed by atoms with Crippen LogP contribution in [0.25, 0.3) is 5.69 Å². The largest absolute Gasteiger partial charge is 0.325 e. The van der Waals surface area contributed by atoms with Crippen LogP contribution in [0, 0.1) is 12.8 Å². The van der Waals surface area contributed by atoms with Crippen LogP contribution in [0.15, 0.2) is 24.5 Å². The van der Waals surface area contributed by atoms with E-state index >= 15 is 0 Å². The summed E-state index contributed by atoms with van der Waals surface area (Å²) in [7, 11) is 1.89. The molecule has 0 aliphatic heterocycles. The number of urea groups is 1. The molecule has 1 saturated carbocycles. The van der Waals surface area contributed by atoms with Gasteiger partial charge in [0.05, 0.1) is 5.69 Å². The second-order valence-corrected chi connectivity index (χ2v) is 6.71. The Bertz CT molecular complexity index is 691. The van der Waals surface area contributed by atoms with Crippen molar-refractivity contribution in [3.8, 4) is 5.69 Å². The van der Waals surface area contributed by atoms with Crippen molar-refractivity contribution in [1.82, 2.24) is 25.1 Å². The molecular formula is C17H24N6O. The first kappa shape index (κ1) is 16.4. The lowest BCUT2D eigenvalue weighted by atomic mass is 9.87. The van der Waals surface area contributed by atoms with Crippen LogP contribution in [0.4, 0.5) is 10.5 Å². The minimum atomic E-state index is -0.0517. The van der Waals surface area contributed by atoms with E-state index in [2.05, 4.69) is 27.8 Å². The molecule has 7 nitrogen and oxygen atoms in total. The third kappa shape index (κ3) is 3.55. The Morgan fingerprint density at radius 3 is 2.67 bits per heavy atom. The topological polar surface area (TPSA) is 75.9 Å². The van der Waals surface area contributed by atoms with Gasteiger partial charge >= 0.3 is 6.03 Å². The first-order valence-corrected chi connectivity index (χ1v) is 8.42. The van der Waals surface area contributed by atoms with Crippen LogP contribution in [0.1, 0.15) is 38.2 Å². The normalized spacial score (nSPS) is 20.6. The fraction of sp³-hybridized carbons (Fsp3) is 0.529. The maximum Gasteiger partial charge on any atom is 0.321 e. The smallest absolute Gasteiger partial charge is 0.321 e. The number of hydrogen-bond acceptors (Lipinski definition) is 4. The summed E-state index contributed by atoms with van der Waals surface area (Å²) in [6, 6.07) is 6.00. The van der Waals surface area contributed by atoms with Gasteiger partial charge < -0.3 is 10.2 Å². The Kier molecular flexibility index (Phi) is 4.78. The summed E-state index contributed by atoms with van der Waals surface area (Å²) in [6.45, 7) is 4.25. The van der Waals surface area contributed by atoms with E-state index in [4.69, 9.17) is 0 Å². The quantitative estimate of drug-likeness (QED) is 0.939. The zero-order valence-corrected chi connectivity index (χ0v) is 14.4. The van der Waals surface area contributed by atoms with Crippen LogP contribution in [0.5, 0.6) is 0 Å². The van der Waals surface area contributed by atoms with E-state index in [-0.39, 0.29) is 6.03 Å². The first-order chi connectivity index (χ1) is 11.5. The number of benzene rings is 1. The maximum absolute atomic E-state index is 12.5. The van der Waals surface area contributed by atoms with Crippen molar-refractivity contribution in [2.75, 3.05) is 12.4 Å². The lowest BCUT2D eigenvalue weighted by Crippen LogP contribution is -2.41. The van der Waals surface area contributed by atoms with E-state index in [0.29, 0.717) is 6.04 Å². The zero-order valence-electron chi connectivity index (χ0n) is 14.4. The summed E-state index contributed by atoms with van der Waals surface area (Å²) < 4.78 is 1.61. The van der Waals surface area contributed by atoms with Crippen LogP contribution >= 0.6 is 0 Å². The van der Waals surface area contributed by atoms with Gasteiger partial charge in [-0.3, -0.25) is 0 Å². The highest BCUT2D eigenvalue weighted by Crippen LogP contribution is 2.27. The molecule has 7 heteroatoms. The summed E-state index contributed by atoms with van der Waals surface area (Å²) in [6.07, 6.45) is 6.12. The number of nitrogens with one attached hydrogen (secondary N) is 1. The number of carbonyl (C=O) groups is 1. The summed E-state index contributed by atoms with van der Waals surface area (Å²) in [5.41, 5.74) is 2.67. The Labute approximate surface area is 142 Å². The van der Waals surface area contributed by atoms with E-state index < -0.39 is 0 Å². The molecule has 0 atom stereocenters. The van der Waals surface area contributed by atoms with Crippen molar-refractivity contribution in [3.05, 3.63) is 30.1 Å².